The van der Waals surface area contributed by atoms with Gasteiger partial charge in [0.1, 0.15) is 5.75 Å². The SMILES string of the molecule is COc1ccc(C(=O)NCC(C)N(C)C)cc1C#CCN. The van der Waals surface area contributed by atoms with E-state index < -0.39 is 0 Å². The van der Waals surface area contributed by atoms with E-state index in [1.165, 1.54) is 0 Å². The number of carbonyl (C=O) groups excluding carboxylic acids is 1. The Kier molecular flexibility index (Phi) is 6.73. The Balaban J connectivity index is 2.85. The lowest BCUT2D eigenvalue weighted by atomic mass is 10.1. The monoisotopic (exact) mass is 289 g/mol. The minimum atomic E-state index is -0.123. The van der Waals surface area contributed by atoms with Crippen molar-refractivity contribution in [2.24, 2.45) is 5.73 Å². The van der Waals surface area contributed by atoms with Crippen LogP contribution in [-0.2, 0) is 0 Å². The zero-order valence-corrected chi connectivity index (χ0v) is 13.1. The van der Waals surface area contributed by atoms with Gasteiger partial charge in [-0.1, -0.05) is 11.8 Å². The Labute approximate surface area is 126 Å². The molecule has 21 heavy (non-hydrogen) atoms. The molecule has 5 nitrogen and oxygen atoms in total. The minimum absolute atomic E-state index is 0.123. The lowest BCUT2D eigenvalue weighted by Gasteiger charge is -2.20. The Morgan fingerprint density at radius 3 is 2.76 bits per heavy atom. The van der Waals surface area contributed by atoms with Crippen molar-refractivity contribution in [1.82, 2.24) is 10.2 Å². The smallest absolute Gasteiger partial charge is 0.251 e. The van der Waals surface area contributed by atoms with Crippen molar-refractivity contribution in [3.05, 3.63) is 29.3 Å². The molecule has 114 valence electrons. The van der Waals surface area contributed by atoms with Crippen molar-refractivity contribution in [3.63, 3.8) is 0 Å². The number of ether oxygens (including phenoxy) is 1. The normalized spacial score (nSPS) is 11.5. The quantitative estimate of drug-likeness (QED) is 0.783. The number of methoxy groups -OCH3 is 1. The van der Waals surface area contributed by atoms with E-state index in [2.05, 4.69) is 17.2 Å². The lowest BCUT2D eigenvalue weighted by Crippen LogP contribution is -2.38. The average Bonchev–Trinajstić information content (AvgIpc) is 2.49. The highest BCUT2D eigenvalue weighted by Crippen LogP contribution is 2.18. The molecule has 0 spiro atoms. The lowest BCUT2D eigenvalue weighted by molar-refractivity contribution is 0.0943. The molecule has 1 atom stereocenters. The van der Waals surface area contributed by atoms with Crippen molar-refractivity contribution in [1.29, 1.82) is 0 Å². The molecule has 0 aliphatic rings. The molecule has 1 rings (SSSR count). The van der Waals surface area contributed by atoms with E-state index in [9.17, 15) is 4.79 Å². The van der Waals surface area contributed by atoms with Crippen molar-refractivity contribution in [2.45, 2.75) is 13.0 Å². The van der Waals surface area contributed by atoms with Crippen molar-refractivity contribution < 1.29 is 9.53 Å². The summed E-state index contributed by atoms with van der Waals surface area (Å²) in [6.07, 6.45) is 0. The van der Waals surface area contributed by atoms with Gasteiger partial charge in [0.15, 0.2) is 0 Å². The highest BCUT2D eigenvalue weighted by atomic mass is 16.5. The van der Waals surface area contributed by atoms with Gasteiger partial charge in [-0.15, -0.1) is 0 Å². The third kappa shape index (κ3) is 5.10. The molecule has 0 aliphatic carbocycles. The van der Waals surface area contributed by atoms with Crippen LogP contribution in [0.4, 0.5) is 0 Å². The minimum Gasteiger partial charge on any atom is -0.495 e. The number of likely N-dealkylation sites (N-methyl/N-ethyl adjacent to an activating group) is 1. The summed E-state index contributed by atoms with van der Waals surface area (Å²) in [7, 11) is 5.52. The van der Waals surface area contributed by atoms with Gasteiger partial charge in [0.25, 0.3) is 5.91 Å². The molecule has 5 heteroatoms. The fourth-order valence-electron chi connectivity index (χ4n) is 1.62. The van der Waals surface area contributed by atoms with Crippen LogP contribution in [0.15, 0.2) is 18.2 Å². The van der Waals surface area contributed by atoms with E-state index in [1.54, 1.807) is 25.3 Å². The van der Waals surface area contributed by atoms with Crippen LogP contribution in [0, 0.1) is 11.8 Å². The first-order valence-corrected chi connectivity index (χ1v) is 6.81. The van der Waals surface area contributed by atoms with E-state index in [4.69, 9.17) is 10.5 Å². The number of rotatable bonds is 5. The number of hydrogen-bond donors (Lipinski definition) is 2. The average molecular weight is 289 g/mol. The zero-order chi connectivity index (χ0) is 15.8. The summed E-state index contributed by atoms with van der Waals surface area (Å²) in [5.41, 5.74) is 6.60. The standard InChI is InChI=1S/C16H23N3O2/c1-12(19(2)3)11-18-16(20)14-7-8-15(21-4)13(10-14)6-5-9-17/h7-8,10,12H,9,11,17H2,1-4H3,(H,18,20). The highest BCUT2D eigenvalue weighted by molar-refractivity contribution is 5.94. The second-order valence-corrected chi connectivity index (χ2v) is 4.94. The second kappa shape index (κ2) is 8.30. The van der Waals surface area contributed by atoms with Gasteiger partial charge in [0.05, 0.1) is 19.2 Å². The van der Waals surface area contributed by atoms with Crippen LogP contribution in [0.25, 0.3) is 0 Å². The third-order valence-electron chi connectivity index (χ3n) is 3.23. The molecule has 1 aromatic rings. The fraction of sp³-hybridized carbons (Fsp3) is 0.438. The summed E-state index contributed by atoms with van der Waals surface area (Å²) >= 11 is 0. The van der Waals surface area contributed by atoms with Gasteiger partial charge in [-0.2, -0.15) is 0 Å². The van der Waals surface area contributed by atoms with Crippen LogP contribution in [0.5, 0.6) is 5.75 Å². The molecular weight excluding hydrogens is 266 g/mol. The van der Waals surface area contributed by atoms with Crippen LogP contribution in [0.1, 0.15) is 22.8 Å². The number of carbonyl (C=O) groups is 1. The third-order valence-corrected chi connectivity index (χ3v) is 3.23. The molecule has 1 aromatic carbocycles. The van der Waals surface area contributed by atoms with E-state index in [1.807, 2.05) is 25.9 Å². The second-order valence-electron chi connectivity index (χ2n) is 4.94. The van der Waals surface area contributed by atoms with Crippen LogP contribution < -0.4 is 15.8 Å². The van der Waals surface area contributed by atoms with E-state index in [-0.39, 0.29) is 18.5 Å². The Bertz CT molecular complexity index is 544. The highest BCUT2D eigenvalue weighted by Gasteiger charge is 2.11. The molecule has 0 fully saturated rings. The number of benzene rings is 1. The molecule has 0 bridgehead atoms. The summed E-state index contributed by atoms with van der Waals surface area (Å²) in [6.45, 7) is 2.90. The van der Waals surface area contributed by atoms with Crippen molar-refractivity contribution >= 4 is 5.91 Å². The van der Waals surface area contributed by atoms with E-state index in [0.29, 0.717) is 23.4 Å². The maximum absolute atomic E-state index is 12.2. The van der Waals surface area contributed by atoms with Gasteiger partial charge < -0.3 is 20.7 Å². The van der Waals surface area contributed by atoms with Gasteiger partial charge >= 0.3 is 0 Å². The molecule has 3 N–H and O–H groups in total. The van der Waals surface area contributed by atoms with Crippen LogP contribution in [0.3, 0.4) is 0 Å². The molecule has 1 unspecified atom stereocenters. The Morgan fingerprint density at radius 2 is 2.19 bits per heavy atom. The van der Waals surface area contributed by atoms with Gasteiger partial charge in [0, 0.05) is 18.2 Å². The molecular formula is C16H23N3O2. The first kappa shape index (κ1) is 17.0. The van der Waals surface area contributed by atoms with Crippen molar-refractivity contribution in [2.75, 3.05) is 34.3 Å². The first-order valence-electron chi connectivity index (χ1n) is 6.81. The van der Waals surface area contributed by atoms with Crippen LogP contribution >= 0.6 is 0 Å². The molecule has 0 aliphatic heterocycles. The zero-order valence-electron chi connectivity index (χ0n) is 13.1. The van der Waals surface area contributed by atoms with Crippen molar-refractivity contribution in [3.8, 4) is 17.6 Å². The van der Waals surface area contributed by atoms with Gasteiger partial charge in [-0.05, 0) is 39.2 Å². The number of amides is 1. The molecule has 0 heterocycles. The molecule has 0 radical (unpaired) electrons. The number of hydrogen-bond acceptors (Lipinski definition) is 4. The number of nitrogens with two attached hydrogens (primary N) is 1. The Hall–Kier alpha value is -2.03. The summed E-state index contributed by atoms with van der Waals surface area (Å²) in [5.74, 6) is 6.19. The van der Waals surface area contributed by atoms with Gasteiger partial charge in [-0.25, -0.2) is 0 Å². The summed E-state index contributed by atoms with van der Waals surface area (Å²) in [6, 6.07) is 5.45. The number of nitrogens with one attached hydrogen (secondary N) is 1. The fourth-order valence-corrected chi connectivity index (χ4v) is 1.62. The molecule has 1 amide bonds. The van der Waals surface area contributed by atoms with E-state index in [0.717, 1.165) is 0 Å². The molecule has 0 aromatic heterocycles. The number of nitrogens with zero attached hydrogens (tertiary/aromatic N) is 1. The summed E-state index contributed by atoms with van der Waals surface area (Å²) in [4.78, 5) is 14.2. The molecule has 0 saturated heterocycles. The summed E-state index contributed by atoms with van der Waals surface area (Å²) in [5, 5.41) is 2.91. The first-order chi connectivity index (χ1) is 9.99. The van der Waals surface area contributed by atoms with E-state index >= 15 is 0 Å². The predicted molar refractivity (Wildman–Crippen MR) is 84.4 cm³/mol. The summed E-state index contributed by atoms with van der Waals surface area (Å²) < 4.78 is 5.23. The van der Waals surface area contributed by atoms with Gasteiger partial charge in [-0.3, -0.25) is 4.79 Å². The van der Waals surface area contributed by atoms with Crippen LogP contribution in [-0.4, -0.2) is 51.1 Å². The maximum atomic E-state index is 12.2. The topological polar surface area (TPSA) is 67.6 Å². The Morgan fingerprint density at radius 1 is 1.48 bits per heavy atom. The molecule has 0 saturated carbocycles. The van der Waals surface area contributed by atoms with Crippen LogP contribution in [0.2, 0.25) is 0 Å². The maximum Gasteiger partial charge on any atom is 0.251 e. The van der Waals surface area contributed by atoms with Gasteiger partial charge in [0.2, 0.25) is 0 Å². The largest absolute Gasteiger partial charge is 0.495 e. The predicted octanol–water partition coefficient (Wildman–Crippen LogP) is 0.685.